The van der Waals surface area contributed by atoms with E-state index >= 15 is 0 Å². The highest BCUT2D eigenvalue weighted by molar-refractivity contribution is 5.88. The third-order valence-electron chi connectivity index (χ3n) is 2.71. The average molecular weight is 299 g/mol. The van der Waals surface area contributed by atoms with Crippen LogP contribution in [0.3, 0.4) is 0 Å². The van der Waals surface area contributed by atoms with Crippen LogP contribution < -0.4 is 0 Å². The normalized spacial score (nSPS) is 11.3. The van der Waals surface area contributed by atoms with E-state index in [1.165, 1.54) is 18.2 Å². The van der Waals surface area contributed by atoms with Gasteiger partial charge in [-0.15, -0.1) is 0 Å². The summed E-state index contributed by atoms with van der Waals surface area (Å²) >= 11 is 0. The summed E-state index contributed by atoms with van der Waals surface area (Å²) in [6.07, 6.45) is -4.50. The molecule has 2 rings (SSSR count). The zero-order valence-corrected chi connectivity index (χ0v) is 10.7. The van der Waals surface area contributed by atoms with Gasteiger partial charge in [-0.1, -0.05) is 12.1 Å². The van der Waals surface area contributed by atoms with Gasteiger partial charge in [-0.2, -0.15) is 13.2 Å². The molecule has 0 atom stereocenters. The topological polar surface area (TPSA) is 39.2 Å². The highest BCUT2D eigenvalue weighted by Gasteiger charge is 2.30. The zero-order valence-electron chi connectivity index (χ0n) is 10.7. The second-order valence-corrected chi connectivity index (χ2v) is 4.10. The molecule has 0 aliphatic rings. The lowest BCUT2D eigenvalue weighted by Gasteiger charge is -2.09. The number of ether oxygens (including phenoxy) is 1. The Morgan fingerprint density at radius 1 is 1.19 bits per heavy atom. The fourth-order valence-electron chi connectivity index (χ4n) is 1.70. The van der Waals surface area contributed by atoms with E-state index in [2.05, 4.69) is 9.72 Å². The minimum absolute atomic E-state index is 0.0444. The number of carbonyl (C=O) groups excluding carboxylic acids is 1. The number of alkyl halides is 3. The molecular weight excluding hydrogens is 290 g/mol. The Labute approximate surface area is 117 Å². The SMILES string of the molecule is COC(=O)c1nc(-c2cccc(C(F)(F)F)c2)ccc1F. The van der Waals surface area contributed by atoms with E-state index in [0.29, 0.717) is 0 Å². The number of pyridine rings is 1. The maximum atomic E-state index is 13.4. The van der Waals surface area contributed by atoms with Crippen molar-refractivity contribution < 1.29 is 27.1 Å². The highest BCUT2D eigenvalue weighted by atomic mass is 19.4. The van der Waals surface area contributed by atoms with Crippen LogP contribution in [0.5, 0.6) is 0 Å². The van der Waals surface area contributed by atoms with Crippen molar-refractivity contribution in [2.75, 3.05) is 7.11 Å². The van der Waals surface area contributed by atoms with Gasteiger partial charge in [0.1, 0.15) is 0 Å². The van der Waals surface area contributed by atoms with Crippen molar-refractivity contribution in [2.45, 2.75) is 6.18 Å². The van der Waals surface area contributed by atoms with Gasteiger partial charge in [-0.05, 0) is 24.3 Å². The second-order valence-electron chi connectivity index (χ2n) is 4.10. The molecule has 0 saturated carbocycles. The largest absolute Gasteiger partial charge is 0.464 e. The van der Waals surface area contributed by atoms with E-state index in [4.69, 9.17) is 0 Å². The van der Waals surface area contributed by atoms with Crippen LogP contribution in [0.1, 0.15) is 16.1 Å². The molecule has 0 aliphatic carbocycles. The molecule has 110 valence electrons. The standard InChI is InChI=1S/C14H9F4NO2/c1-21-13(20)12-10(15)5-6-11(19-12)8-3-2-4-9(7-8)14(16,17)18/h2-7H,1H3. The number of methoxy groups -OCH3 is 1. The average Bonchev–Trinajstić information content (AvgIpc) is 2.46. The number of carbonyl (C=O) groups is 1. The molecule has 0 N–H and O–H groups in total. The van der Waals surface area contributed by atoms with Crippen LogP contribution in [0.15, 0.2) is 36.4 Å². The molecule has 0 spiro atoms. The molecule has 0 fully saturated rings. The molecule has 0 saturated heterocycles. The first-order valence-corrected chi connectivity index (χ1v) is 5.75. The first kappa shape index (κ1) is 15.0. The highest BCUT2D eigenvalue weighted by Crippen LogP contribution is 2.31. The molecule has 0 bridgehead atoms. The fourth-order valence-corrected chi connectivity index (χ4v) is 1.70. The molecule has 0 aliphatic heterocycles. The minimum atomic E-state index is -4.50. The number of halogens is 4. The number of esters is 1. The van der Waals surface area contributed by atoms with Crippen LogP contribution in [0.25, 0.3) is 11.3 Å². The van der Waals surface area contributed by atoms with Crippen molar-refractivity contribution in [3.05, 3.63) is 53.5 Å². The molecule has 21 heavy (non-hydrogen) atoms. The summed E-state index contributed by atoms with van der Waals surface area (Å²) in [7, 11) is 1.06. The Balaban J connectivity index is 2.50. The van der Waals surface area contributed by atoms with Crippen molar-refractivity contribution >= 4 is 5.97 Å². The summed E-state index contributed by atoms with van der Waals surface area (Å²) in [5.74, 6) is -1.90. The summed E-state index contributed by atoms with van der Waals surface area (Å²) in [5.41, 5.74) is -1.27. The molecule has 0 unspecified atom stereocenters. The molecule has 1 aromatic heterocycles. The molecular formula is C14H9F4NO2. The first-order chi connectivity index (χ1) is 9.82. The van der Waals surface area contributed by atoms with Gasteiger partial charge in [0.2, 0.25) is 0 Å². The molecule has 1 heterocycles. The Kier molecular flexibility index (Phi) is 3.93. The van der Waals surface area contributed by atoms with Gasteiger partial charge in [0.15, 0.2) is 11.5 Å². The minimum Gasteiger partial charge on any atom is -0.464 e. The smallest absolute Gasteiger partial charge is 0.416 e. The second kappa shape index (κ2) is 5.51. The number of aromatic nitrogens is 1. The zero-order chi connectivity index (χ0) is 15.6. The van der Waals surface area contributed by atoms with Gasteiger partial charge in [0.05, 0.1) is 18.4 Å². The molecule has 7 heteroatoms. The quantitative estimate of drug-likeness (QED) is 0.627. The maximum Gasteiger partial charge on any atom is 0.416 e. The van der Waals surface area contributed by atoms with E-state index in [0.717, 1.165) is 25.3 Å². The number of hydrogen-bond acceptors (Lipinski definition) is 3. The summed E-state index contributed by atoms with van der Waals surface area (Å²) < 4.78 is 55.8. The summed E-state index contributed by atoms with van der Waals surface area (Å²) in [6, 6.07) is 6.53. The van der Waals surface area contributed by atoms with E-state index in [-0.39, 0.29) is 11.3 Å². The van der Waals surface area contributed by atoms with E-state index in [1.54, 1.807) is 0 Å². The van der Waals surface area contributed by atoms with Crippen molar-refractivity contribution in [3.63, 3.8) is 0 Å². The fraction of sp³-hybridized carbons (Fsp3) is 0.143. The van der Waals surface area contributed by atoms with Gasteiger partial charge >= 0.3 is 12.1 Å². The Hall–Kier alpha value is -2.44. The number of rotatable bonds is 2. The van der Waals surface area contributed by atoms with Gasteiger partial charge in [0.25, 0.3) is 0 Å². The predicted octanol–water partition coefficient (Wildman–Crippen LogP) is 3.69. The van der Waals surface area contributed by atoms with Crippen molar-refractivity contribution in [1.29, 1.82) is 0 Å². The van der Waals surface area contributed by atoms with Gasteiger partial charge in [-0.25, -0.2) is 14.2 Å². The third kappa shape index (κ3) is 3.18. The number of hydrogen-bond donors (Lipinski definition) is 0. The van der Waals surface area contributed by atoms with Crippen LogP contribution in [0.2, 0.25) is 0 Å². The molecule has 2 aromatic rings. The van der Waals surface area contributed by atoms with E-state index in [9.17, 15) is 22.4 Å². The van der Waals surface area contributed by atoms with Crippen LogP contribution in [0.4, 0.5) is 17.6 Å². The number of benzene rings is 1. The van der Waals surface area contributed by atoms with Gasteiger partial charge in [-0.3, -0.25) is 0 Å². The summed E-state index contributed by atoms with van der Waals surface area (Å²) in [6.45, 7) is 0. The molecule has 3 nitrogen and oxygen atoms in total. The lowest BCUT2D eigenvalue weighted by molar-refractivity contribution is -0.137. The van der Waals surface area contributed by atoms with Crippen LogP contribution in [-0.4, -0.2) is 18.1 Å². The molecule has 1 aromatic carbocycles. The monoisotopic (exact) mass is 299 g/mol. The van der Waals surface area contributed by atoms with Gasteiger partial charge in [0, 0.05) is 5.56 Å². The van der Waals surface area contributed by atoms with Crippen molar-refractivity contribution in [3.8, 4) is 11.3 Å². The molecule has 0 amide bonds. The Morgan fingerprint density at radius 2 is 1.90 bits per heavy atom. The van der Waals surface area contributed by atoms with Crippen molar-refractivity contribution in [2.24, 2.45) is 0 Å². The van der Waals surface area contributed by atoms with Crippen LogP contribution in [0, 0.1) is 5.82 Å². The third-order valence-corrected chi connectivity index (χ3v) is 2.71. The van der Waals surface area contributed by atoms with Crippen LogP contribution in [-0.2, 0) is 10.9 Å². The number of nitrogens with zero attached hydrogens (tertiary/aromatic N) is 1. The lowest BCUT2D eigenvalue weighted by atomic mass is 10.1. The maximum absolute atomic E-state index is 13.4. The Bertz CT molecular complexity index is 683. The first-order valence-electron chi connectivity index (χ1n) is 5.75. The van der Waals surface area contributed by atoms with Crippen LogP contribution >= 0.6 is 0 Å². The predicted molar refractivity (Wildman–Crippen MR) is 66.0 cm³/mol. The summed E-state index contributed by atoms with van der Waals surface area (Å²) in [5, 5.41) is 0. The Morgan fingerprint density at radius 3 is 2.52 bits per heavy atom. The lowest BCUT2D eigenvalue weighted by Crippen LogP contribution is -2.08. The molecule has 0 radical (unpaired) electrons. The van der Waals surface area contributed by atoms with Gasteiger partial charge < -0.3 is 4.74 Å². The van der Waals surface area contributed by atoms with E-state index in [1.807, 2.05) is 0 Å². The van der Waals surface area contributed by atoms with E-state index < -0.39 is 29.2 Å². The van der Waals surface area contributed by atoms with Crippen molar-refractivity contribution in [1.82, 2.24) is 4.98 Å². The summed E-state index contributed by atoms with van der Waals surface area (Å²) in [4.78, 5) is 15.1.